The normalized spacial score (nSPS) is 14.5. The Morgan fingerprint density at radius 1 is 0.905 bits per heavy atom. The summed E-state index contributed by atoms with van der Waals surface area (Å²) in [5, 5.41) is 0. The Morgan fingerprint density at radius 2 is 1.57 bits per heavy atom. The van der Waals surface area contributed by atoms with E-state index < -0.39 is 0 Å². The number of fused-ring (bicyclic) bond motifs is 3. The van der Waals surface area contributed by atoms with Gasteiger partial charge in [-0.05, 0) is 52.8 Å². The molecule has 0 spiro atoms. The third-order valence-electron chi connectivity index (χ3n) is 4.81. The molecule has 0 atom stereocenters. The summed E-state index contributed by atoms with van der Waals surface area (Å²) in [4.78, 5) is 0. The van der Waals surface area contributed by atoms with E-state index in [1.807, 2.05) is 12.2 Å². The molecule has 21 heavy (non-hydrogen) atoms. The van der Waals surface area contributed by atoms with Crippen LogP contribution >= 0.6 is 0 Å². The Balaban J connectivity index is 2.49. The monoisotopic (exact) mass is 274 g/mol. The van der Waals surface area contributed by atoms with Gasteiger partial charge in [-0.1, -0.05) is 69.0 Å². The van der Waals surface area contributed by atoms with Crippen molar-refractivity contribution >= 4 is 12.2 Å². The van der Waals surface area contributed by atoms with Crippen LogP contribution in [0.1, 0.15) is 47.2 Å². The lowest BCUT2D eigenvalue weighted by Gasteiger charge is -2.23. The molecule has 0 saturated heterocycles. The van der Waals surface area contributed by atoms with Gasteiger partial charge < -0.3 is 0 Å². The molecule has 106 valence electrons. The van der Waals surface area contributed by atoms with E-state index in [-0.39, 0.29) is 5.41 Å². The van der Waals surface area contributed by atoms with Gasteiger partial charge in [0.25, 0.3) is 0 Å². The maximum atomic E-state index is 4.05. The van der Waals surface area contributed by atoms with Gasteiger partial charge in [-0.2, -0.15) is 0 Å². The molecule has 2 aromatic carbocycles. The van der Waals surface area contributed by atoms with Gasteiger partial charge in [0.15, 0.2) is 0 Å². The molecule has 1 aliphatic rings. The first-order chi connectivity index (χ1) is 9.91. The standard InChI is InChI=1S/C21H22/c1-7-15-14(4)12-19-20(16(15)8-2)17-10-9-13(3)11-18(17)21(19,5)6/h7-12H,1-2H2,3-6H3. The lowest BCUT2D eigenvalue weighted by atomic mass is 9.80. The second-order valence-electron chi connectivity index (χ2n) is 6.53. The van der Waals surface area contributed by atoms with Gasteiger partial charge in [0.2, 0.25) is 0 Å². The van der Waals surface area contributed by atoms with Crippen LogP contribution in [0.3, 0.4) is 0 Å². The van der Waals surface area contributed by atoms with E-state index in [4.69, 9.17) is 0 Å². The van der Waals surface area contributed by atoms with Gasteiger partial charge in [0, 0.05) is 5.41 Å². The van der Waals surface area contributed by atoms with Crippen molar-refractivity contribution in [2.75, 3.05) is 0 Å². The van der Waals surface area contributed by atoms with Crippen molar-refractivity contribution in [1.82, 2.24) is 0 Å². The lowest BCUT2D eigenvalue weighted by Crippen LogP contribution is -2.15. The molecule has 0 fully saturated rings. The van der Waals surface area contributed by atoms with Crippen molar-refractivity contribution in [1.29, 1.82) is 0 Å². The Morgan fingerprint density at radius 3 is 2.19 bits per heavy atom. The maximum absolute atomic E-state index is 4.05. The van der Waals surface area contributed by atoms with E-state index >= 15 is 0 Å². The fourth-order valence-corrected chi connectivity index (χ4v) is 3.66. The molecule has 0 bridgehead atoms. The molecule has 0 saturated carbocycles. The highest BCUT2D eigenvalue weighted by Crippen LogP contribution is 2.51. The first-order valence-corrected chi connectivity index (χ1v) is 7.46. The molecular formula is C21H22. The average Bonchev–Trinajstić information content (AvgIpc) is 2.66. The van der Waals surface area contributed by atoms with E-state index in [2.05, 4.69) is 65.1 Å². The van der Waals surface area contributed by atoms with Gasteiger partial charge in [-0.3, -0.25) is 0 Å². The van der Waals surface area contributed by atoms with Gasteiger partial charge >= 0.3 is 0 Å². The minimum Gasteiger partial charge on any atom is -0.0984 e. The van der Waals surface area contributed by atoms with Crippen molar-refractivity contribution < 1.29 is 0 Å². The number of hydrogen-bond acceptors (Lipinski definition) is 0. The fraction of sp³-hybridized carbons (Fsp3) is 0.238. The summed E-state index contributed by atoms with van der Waals surface area (Å²) in [6.45, 7) is 17.0. The molecule has 1 aliphatic carbocycles. The molecule has 0 radical (unpaired) electrons. The highest BCUT2D eigenvalue weighted by molar-refractivity contribution is 5.91. The zero-order chi connectivity index (χ0) is 15.4. The molecular weight excluding hydrogens is 252 g/mol. The average molecular weight is 274 g/mol. The predicted octanol–water partition coefficient (Wildman–Crippen LogP) is 5.90. The Labute approximate surface area is 127 Å². The van der Waals surface area contributed by atoms with E-state index in [1.165, 1.54) is 44.5 Å². The first-order valence-electron chi connectivity index (χ1n) is 7.46. The molecule has 3 rings (SSSR count). The highest BCUT2D eigenvalue weighted by Gasteiger charge is 2.37. The minimum absolute atomic E-state index is 0.0406. The zero-order valence-corrected chi connectivity index (χ0v) is 13.4. The van der Waals surface area contributed by atoms with Crippen molar-refractivity contribution in [3.8, 4) is 11.1 Å². The van der Waals surface area contributed by atoms with Crippen molar-refractivity contribution in [3.63, 3.8) is 0 Å². The summed E-state index contributed by atoms with van der Waals surface area (Å²) in [6, 6.07) is 9.11. The molecule has 0 amide bonds. The molecule has 0 heteroatoms. The topological polar surface area (TPSA) is 0 Å². The largest absolute Gasteiger partial charge is 0.0984 e. The number of rotatable bonds is 2. The molecule has 0 heterocycles. The molecule has 0 nitrogen and oxygen atoms in total. The second-order valence-corrected chi connectivity index (χ2v) is 6.53. The number of benzene rings is 2. The highest BCUT2D eigenvalue weighted by atomic mass is 14.4. The summed E-state index contributed by atoms with van der Waals surface area (Å²) >= 11 is 0. The third kappa shape index (κ3) is 1.75. The van der Waals surface area contributed by atoms with Crippen LogP contribution in [0.5, 0.6) is 0 Å². The molecule has 0 N–H and O–H groups in total. The maximum Gasteiger partial charge on any atom is 0.0159 e. The van der Waals surface area contributed by atoms with Crippen LogP contribution in [-0.4, -0.2) is 0 Å². The quantitative estimate of drug-likeness (QED) is 0.640. The van der Waals surface area contributed by atoms with Gasteiger partial charge in [-0.15, -0.1) is 0 Å². The number of hydrogen-bond donors (Lipinski definition) is 0. The van der Waals surface area contributed by atoms with Crippen molar-refractivity contribution in [2.24, 2.45) is 0 Å². The van der Waals surface area contributed by atoms with Gasteiger partial charge in [0.1, 0.15) is 0 Å². The summed E-state index contributed by atoms with van der Waals surface area (Å²) in [6.07, 6.45) is 3.93. The smallest absolute Gasteiger partial charge is 0.0159 e. The summed E-state index contributed by atoms with van der Waals surface area (Å²) in [5.74, 6) is 0. The van der Waals surface area contributed by atoms with Crippen LogP contribution in [0.25, 0.3) is 23.3 Å². The van der Waals surface area contributed by atoms with E-state index in [0.717, 1.165) is 0 Å². The minimum atomic E-state index is 0.0406. The predicted molar refractivity (Wildman–Crippen MR) is 93.7 cm³/mol. The molecule has 2 aromatic rings. The van der Waals surface area contributed by atoms with Crippen molar-refractivity contribution in [3.05, 3.63) is 70.8 Å². The van der Waals surface area contributed by atoms with Crippen LogP contribution in [0.4, 0.5) is 0 Å². The SMILES string of the molecule is C=Cc1c(C)cc2c(c1C=C)-c1ccc(C)cc1C2(C)C. The lowest BCUT2D eigenvalue weighted by molar-refractivity contribution is 0.659. The summed E-state index contributed by atoms with van der Waals surface area (Å²) < 4.78 is 0. The Kier molecular flexibility index (Phi) is 2.95. The summed E-state index contributed by atoms with van der Waals surface area (Å²) in [5.41, 5.74) is 10.6. The molecule has 0 aliphatic heterocycles. The van der Waals surface area contributed by atoms with Gasteiger partial charge in [-0.25, -0.2) is 0 Å². The molecule has 0 aromatic heterocycles. The first kappa shape index (κ1) is 13.9. The molecule has 0 unspecified atom stereocenters. The van der Waals surface area contributed by atoms with E-state index in [1.54, 1.807) is 0 Å². The van der Waals surface area contributed by atoms with Crippen LogP contribution in [0.2, 0.25) is 0 Å². The summed E-state index contributed by atoms with van der Waals surface area (Å²) in [7, 11) is 0. The number of aryl methyl sites for hydroxylation is 2. The second kappa shape index (κ2) is 4.46. The fourth-order valence-electron chi connectivity index (χ4n) is 3.66. The van der Waals surface area contributed by atoms with Crippen LogP contribution in [0.15, 0.2) is 37.4 Å². The van der Waals surface area contributed by atoms with Gasteiger partial charge in [0.05, 0.1) is 0 Å². The zero-order valence-electron chi connectivity index (χ0n) is 13.4. The van der Waals surface area contributed by atoms with Crippen LogP contribution in [0, 0.1) is 13.8 Å². The van der Waals surface area contributed by atoms with Crippen LogP contribution < -0.4 is 0 Å². The van der Waals surface area contributed by atoms with Crippen LogP contribution in [-0.2, 0) is 5.41 Å². The van der Waals surface area contributed by atoms with E-state index in [9.17, 15) is 0 Å². The van der Waals surface area contributed by atoms with Crippen molar-refractivity contribution in [2.45, 2.75) is 33.1 Å². The van der Waals surface area contributed by atoms with E-state index in [0.29, 0.717) is 0 Å². The third-order valence-corrected chi connectivity index (χ3v) is 4.81. The Bertz CT molecular complexity index is 773. The Hall–Kier alpha value is -2.08.